The summed E-state index contributed by atoms with van der Waals surface area (Å²) >= 11 is 3.25. The maximum absolute atomic E-state index is 11.9. The zero-order valence-corrected chi connectivity index (χ0v) is 11.1. The van der Waals surface area contributed by atoms with Gasteiger partial charge in [-0.25, -0.2) is 14.8 Å². The van der Waals surface area contributed by atoms with E-state index in [1.807, 2.05) is 0 Å². The lowest BCUT2D eigenvalue weighted by Gasteiger charge is -2.06. The molecule has 0 spiro atoms. The van der Waals surface area contributed by atoms with Gasteiger partial charge in [0, 0.05) is 18.0 Å². The number of carboxylic acid groups (broad SMARTS) is 1. The van der Waals surface area contributed by atoms with Crippen molar-refractivity contribution in [3.63, 3.8) is 0 Å². The van der Waals surface area contributed by atoms with Crippen molar-refractivity contribution in [3.05, 3.63) is 52.4 Å². The van der Waals surface area contributed by atoms with Crippen LogP contribution in [0.2, 0.25) is 0 Å². The average molecular weight is 322 g/mol. The van der Waals surface area contributed by atoms with E-state index in [2.05, 4.69) is 31.2 Å². The highest BCUT2D eigenvalue weighted by Gasteiger charge is 2.12. The second kappa shape index (κ2) is 5.57. The number of hydrogen-bond acceptors (Lipinski definition) is 4. The predicted molar refractivity (Wildman–Crippen MR) is 71.1 cm³/mol. The summed E-state index contributed by atoms with van der Waals surface area (Å²) in [5, 5.41) is 11.4. The van der Waals surface area contributed by atoms with Crippen LogP contribution in [0.3, 0.4) is 0 Å². The van der Waals surface area contributed by atoms with Gasteiger partial charge in [0.15, 0.2) is 0 Å². The second-order valence-electron chi connectivity index (χ2n) is 3.52. The molecule has 0 atom stereocenters. The third-order valence-corrected chi connectivity index (χ3v) is 2.87. The Morgan fingerprint density at radius 3 is 2.68 bits per heavy atom. The first-order chi connectivity index (χ1) is 9.08. The third-order valence-electron chi connectivity index (χ3n) is 2.23. The Kier molecular flexibility index (Phi) is 3.86. The van der Waals surface area contributed by atoms with Crippen LogP contribution in [-0.4, -0.2) is 27.0 Å². The number of pyridine rings is 2. The first-order valence-corrected chi connectivity index (χ1v) is 5.98. The van der Waals surface area contributed by atoms with Crippen LogP contribution in [0.15, 0.2) is 41.1 Å². The highest BCUT2D eigenvalue weighted by atomic mass is 79.9. The molecule has 2 aromatic rings. The standard InChI is InChI=1S/C12H8BrN3O3/c13-8-2-1-4-15-10(8)16-11(17)7-3-5-14-9(6-7)12(18)19/h1-6H,(H,18,19)(H,15,16,17). The summed E-state index contributed by atoms with van der Waals surface area (Å²) in [7, 11) is 0. The molecule has 0 aliphatic heterocycles. The van der Waals surface area contributed by atoms with E-state index in [-0.39, 0.29) is 11.3 Å². The van der Waals surface area contributed by atoms with Gasteiger partial charge in [-0.1, -0.05) is 0 Å². The Labute approximate surface area is 116 Å². The predicted octanol–water partition coefficient (Wildman–Crippen LogP) is 2.19. The minimum atomic E-state index is -1.19. The molecule has 96 valence electrons. The second-order valence-corrected chi connectivity index (χ2v) is 4.38. The molecule has 0 bridgehead atoms. The molecule has 0 radical (unpaired) electrons. The van der Waals surface area contributed by atoms with Gasteiger partial charge in [-0.05, 0) is 40.2 Å². The number of halogens is 1. The molecule has 19 heavy (non-hydrogen) atoms. The molecule has 0 unspecified atom stereocenters. The van der Waals surface area contributed by atoms with Gasteiger partial charge >= 0.3 is 5.97 Å². The smallest absolute Gasteiger partial charge is 0.354 e. The minimum absolute atomic E-state index is 0.187. The molecule has 2 rings (SSSR count). The number of aromatic carboxylic acids is 1. The van der Waals surface area contributed by atoms with Crippen molar-refractivity contribution >= 4 is 33.6 Å². The van der Waals surface area contributed by atoms with Crippen molar-refractivity contribution < 1.29 is 14.7 Å². The maximum Gasteiger partial charge on any atom is 0.354 e. The molecule has 0 saturated heterocycles. The zero-order chi connectivity index (χ0) is 13.8. The Bertz CT molecular complexity index is 646. The van der Waals surface area contributed by atoms with E-state index < -0.39 is 11.9 Å². The van der Waals surface area contributed by atoms with Crippen LogP contribution < -0.4 is 5.32 Å². The van der Waals surface area contributed by atoms with Gasteiger partial charge < -0.3 is 10.4 Å². The van der Waals surface area contributed by atoms with Crippen LogP contribution in [0.1, 0.15) is 20.8 Å². The van der Waals surface area contributed by atoms with Crippen molar-refractivity contribution in [3.8, 4) is 0 Å². The highest BCUT2D eigenvalue weighted by Crippen LogP contribution is 2.19. The normalized spacial score (nSPS) is 9.95. The summed E-state index contributed by atoms with van der Waals surface area (Å²) in [6.45, 7) is 0. The molecule has 2 aromatic heterocycles. The first kappa shape index (κ1) is 13.2. The molecule has 2 N–H and O–H groups in total. The van der Waals surface area contributed by atoms with Crippen molar-refractivity contribution in [2.75, 3.05) is 5.32 Å². The number of hydrogen-bond donors (Lipinski definition) is 2. The van der Waals surface area contributed by atoms with Crippen LogP contribution in [0.25, 0.3) is 0 Å². The van der Waals surface area contributed by atoms with Gasteiger partial charge in [-0.3, -0.25) is 4.79 Å². The van der Waals surface area contributed by atoms with Gasteiger partial charge in [0.05, 0.1) is 4.47 Å². The van der Waals surface area contributed by atoms with E-state index in [1.54, 1.807) is 12.1 Å². The van der Waals surface area contributed by atoms with Gasteiger partial charge in [0.2, 0.25) is 0 Å². The molecule has 0 aliphatic carbocycles. The molecule has 1 amide bonds. The molecular weight excluding hydrogens is 314 g/mol. The number of carbonyl (C=O) groups is 2. The van der Waals surface area contributed by atoms with E-state index in [4.69, 9.17) is 5.11 Å². The fourth-order valence-electron chi connectivity index (χ4n) is 1.35. The Morgan fingerprint density at radius 1 is 1.21 bits per heavy atom. The number of anilines is 1. The average Bonchev–Trinajstić information content (AvgIpc) is 2.41. The lowest BCUT2D eigenvalue weighted by atomic mass is 10.2. The fraction of sp³-hybridized carbons (Fsp3) is 0. The SMILES string of the molecule is O=C(Nc1ncccc1Br)c1ccnc(C(=O)O)c1. The van der Waals surface area contributed by atoms with Crippen LogP contribution in [0, 0.1) is 0 Å². The molecule has 0 aliphatic rings. The van der Waals surface area contributed by atoms with Gasteiger partial charge in [-0.15, -0.1) is 0 Å². The summed E-state index contributed by atoms with van der Waals surface area (Å²) in [4.78, 5) is 30.4. The molecule has 0 fully saturated rings. The Balaban J connectivity index is 2.23. The van der Waals surface area contributed by atoms with Crippen molar-refractivity contribution in [2.45, 2.75) is 0 Å². The number of carbonyl (C=O) groups excluding carboxylic acids is 1. The molecule has 2 heterocycles. The summed E-state index contributed by atoms with van der Waals surface area (Å²) in [6, 6.07) is 6.08. The van der Waals surface area contributed by atoms with Gasteiger partial charge in [0.1, 0.15) is 11.5 Å². The topological polar surface area (TPSA) is 92.2 Å². The van der Waals surface area contributed by atoms with E-state index in [0.29, 0.717) is 10.3 Å². The largest absolute Gasteiger partial charge is 0.477 e. The Hall–Kier alpha value is -2.28. The maximum atomic E-state index is 11.9. The van der Waals surface area contributed by atoms with E-state index in [1.165, 1.54) is 24.5 Å². The summed E-state index contributed by atoms with van der Waals surface area (Å²) in [5.74, 6) is -1.28. The first-order valence-electron chi connectivity index (χ1n) is 5.19. The summed E-state index contributed by atoms with van der Waals surface area (Å²) in [5.41, 5.74) is 0.0117. The zero-order valence-electron chi connectivity index (χ0n) is 9.50. The van der Waals surface area contributed by atoms with Gasteiger partial charge in [-0.2, -0.15) is 0 Å². The van der Waals surface area contributed by atoms with Crippen LogP contribution in [-0.2, 0) is 0 Å². The number of aromatic nitrogens is 2. The lowest BCUT2D eigenvalue weighted by molar-refractivity contribution is 0.0690. The highest BCUT2D eigenvalue weighted by molar-refractivity contribution is 9.10. The number of carboxylic acids is 1. The lowest BCUT2D eigenvalue weighted by Crippen LogP contribution is -2.14. The third kappa shape index (κ3) is 3.14. The molecule has 7 heteroatoms. The van der Waals surface area contributed by atoms with Crippen LogP contribution in [0.4, 0.5) is 5.82 Å². The monoisotopic (exact) mass is 321 g/mol. The van der Waals surface area contributed by atoms with Crippen molar-refractivity contribution in [1.82, 2.24) is 9.97 Å². The summed E-state index contributed by atoms with van der Waals surface area (Å²) in [6.07, 6.45) is 2.81. The molecule has 0 aromatic carbocycles. The Morgan fingerprint density at radius 2 is 2.00 bits per heavy atom. The number of nitrogens with zero attached hydrogens (tertiary/aromatic N) is 2. The van der Waals surface area contributed by atoms with Crippen molar-refractivity contribution in [1.29, 1.82) is 0 Å². The van der Waals surface area contributed by atoms with Crippen molar-refractivity contribution in [2.24, 2.45) is 0 Å². The fourth-order valence-corrected chi connectivity index (χ4v) is 1.70. The van der Waals surface area contributed by atoms with Crippen LogP contribution >= 0.6 is 15.9 Å². The molecule has 0 saturated carbocycles. The number of rotatable bonds is 3. The molecular formula is C12H8BrN3O3. The number of nitrogens with one attached hydrogen (secondary N) is 1. The minimum Gasteiger partial charge on any atom is -0.477 e. The number of amides is 1. The van der Waals surface area contributed by atoms with E-state index in [9.17, 15) is 9.59 Å². The van der Waals surface area contributed by atoms with Crippen LogP contribution in [0.5, 0.6) is 0 Å². The quantitative estimate of drug-likeness (QED) is 0.904. The van der Waals surface area contributed by atoms with E-state index >= 15 is 0 Å². The van der Waals surface area contributed by atoms with E-state index in [0.717, 1.165) is 0 Å². The molecule has 6 nitrogen and oxygen atoms in total. The van der Waals surface area contributed by atoms with Gasteiger partial charge in [0.25, 0.3) is 5.91 Å². The summed E-state index contributed by atoms with van der Waals surface area (Å²) < 4.78 is 0.635.